The zero-order chi connectivity index (χ0) is 27.4. The van der Waals surface area contributed by atoms with Crippen LogP contribution in [-0.4, -0.2) is 50.0 Å². The van der Waals surface area contributed by atoms with E-state index in [0.29, 0.717) is 5.69 Å². The molecular formula is C28H38BrN3O4S. The van der Waals surface area contributed by atoms with E-state index in [2.05, 4.69) is 42.0 Å². The van der Waals surface area contributed by atoms with E-state index in [1.165, 1.54) is 4.90 Å². The van der Waals surface area contributed by atoms with E-state index in [9.17, 15) is 18.0 Å². The first-order chi connectivity index (χ1) is 17.3. The van der Waals surface area contributed by atoms with Crippen LogP contribution in [0.1, 0.15) is 64.5 Å². The van der Waals surface area contributed by atoms with Crippen LogP contribution in [0.2, 0.25) is 0 Å². The van der Waals surface area contributed by atoms with Crippen molar-refractivity contribution < 1.29 is 18.0 Å². The van der Waals surface area contributed by atoms with Gasteiger partial charge in [0, 0.05) is 17.1 Å². The van der Waals surface area contributed by atoms with Crippen LogP contribution in [0.4, 0.5) is 5.69 Å². The van der Waals surface area contributed by atoms with Crippen LogP contribution in [0.3, 0.4) is 0 Å². The molecule has 9 heteroatoms. The summed E-state index contributed by atoms with van der Waals surface area (Å²) in [5, 5.41) is 3.07. The van der Waals surface area contributed by atoms with Crippen molar-refractivity contribution in [1.82, 2.24) is 10.2 Å². The highest BCUT2D eigenvalue weighted by atomic mass is 79.9. The summed E-state index contributed by atoms with van der Waals surface area (Å²) in [6.07, 6.45) is 5.12. The summed E-state index contributed by atoms with van der Waals surface area (Å²) in [6, 6.07) is 14.1. The minimum absolute atomic E-state index is 0.0901. The molecule has 1 N–H and O–H groups in total. The van der Waals surface area contributed by atoms with E-state index >= 15 is 0 Å². The van der Waals surface area contributed by atoms with Crippen LogP contribution in [0.5, 0.6) is 0 Å². The number of anilines is 1. The normalized spacial score (nSPS) is 15.3. The summed E-state index contributed by atoms with van der Waals surface area (Å²) in [5.41, 5.74) is 2.22. The number of carbonyl (C=O) groups is 2. The molecule has 3 rings (SSSR count). The number of rotatable bonds is 9. The first-order valence-corrected chi connectivity index (χ1v) is 15.3. The summed E-state index contributed by atoms with van der Waals surface area (Å²) >= 11 is 3.46. The molecule has 1 atom stereocenters. The highest BCUT2D eigenvalue weighted by Gasteiger charge is 2.31. The summed E-state index contributed by atoms with van der Waals surface area (Å²) in [5.74, 6) is -0.671. The molecule has 202 valence electrons. The quantitative estimate of drug-likeness (QED) is 0.445. The molecule has 1 fully saturated rings. The fourth-order valence-corrected chi connectivity index (χ4v) is 5.84. The first-order valence-electron chi connectivity index (χ1n) is 12.7. The van der Waals surface area contributed by atoms with Gasteiger partial charge in [-0.05, 0) is 60.6 Å². The zero-order valence-electron chi connectivity index (χ0n) is 22.3. The number of halogens is 1. The Kier molecular flexibility index (Phi) is 9.45. The van der Waals surface area contributed by atoms with Crippen LogP contribution < -0.4 is 9.62 Å². The maximum absolute atomic E-state index is 13.7. The first kappa shape index (κ1) is 29.2. The van der Waals surface area contributed by atoms with E-state index in [4.69, 9.17) is 0 Å². The Morgan fingerprint density at radius 3 is 2.24 bits per heavy atom. The second-order valence-electron chi connectivity index (χ2n) is 10.9. The number of hydrogen-bond acceptors (Lipinski definition) is 4. The van der Waals surface area contributed by atoms with Gasteiger partial charge in [0.2, 0.25) is 21.8 Å². The van der Waals surface area contributed by atoms with Gasteiger partial charge >= 0.3 is 0 Å². The molecule has 1 aliphatic rings. The van der Waals surface area contributed by atoms with Crippen LogP contribution in [-0.2, 0) is 31.6 Å². The van der Waals surface area contributed by atoms with Gasteiger partial charge in [0.15, 0.2) is 0 Å². The molecule has 7 nitrogen and oxygen atoms in total. The van der Waals surface area contributed by atoms with Crippen molar-refractivity contribution >= 4 is 43.5 Å². The lowest BCUT2D eigenvalue weighted by Gasteiger charge is -2.32. The molecule has 0 spiro atoms. The Balaban J connectivity index is 1.88. The highest BCUT2D eigenvalue weighted by Crippen LogP contribution is 2.26. The van der Waals surface area contributed by atoms with Crippen molar-refractivity contribution in [3.8, 4) is 0 Å². The minimum Gasteiger partial charge on any atom is -0.352 e. The summed E-state index contributed by atoms with van der Waals surface area (Å²) in [7, 11) is -3.76. The molecule has 0 saturated heterocycles. The predicted octanol–water partition coefficient (Wildman–Crippen LogP) is 4.99. The van der Waals surface area contributed by atoms with Gasteiger partial charge in [-0.3, -0.25) is 13.9 Å². The monoisotopic (exact) mass is 591 g/mol. The number of amides is 2. The van der Waals surface area contributed by atoms with Gasteiger partial charge < -0.3 is 10.2 Å². The maximum atomic E-state index is 13.7. The standard InChI is InChI=1S/C28H38BrN3O4S/c1-20(27(34)30-24-11-6-7-12-24)31(18-21-9-8-10-23(29)17-21)26(33)19-32(37(5,35)36)25-15-13-22(14-16-25)28(2,3)4/h8-10,13-17,20,24H,6-7,11-12,18-19H2,1-5H3,(H,30,34). The van der Waals surface area contributed by atoms with Crippen molar-refractivity contribution in [3.63, 3.8) is 0 Å². The van der Waals surface area contributed by atoms with Crippen molar-refractivity contribution in [2.24, 2.45) is 0 Å². The SMILES string of the molecule is CC(C(=O)NC1CCCC1)N(Cc1cccc(Br)c1)C(=O)CN(c1ccc(C(C)(C)C)cc1)S(C)(=O)=O. The molecule has 0 aromatic heterocycles. The average molecular weight is 593 g/mol. The molecule has 1 saturated carbocycles. The third kappa shape index (κ3) is 8.04. The Hall–Kier alpha value is -2.39. The Labute approximate surface area is 229 Å². The topological polar surface area (TPSA) is 86.8 Å². The van der Waals surface area contributed by atoms with E-state index < -0.39 is 28.5 Å². The van der Waals surface area contributed by atoms with Crippen LogP contribution >= 0.6 is 15.9 Å². The molecule has 2 aromatic rings. The Bertz CT molecular complexity index is 1200. The number of carbonyl (C=O) groups excluding carboxylic acids is 2. The van der Waals surface area contributed by atoms with Gasteiger partial charge in [0.25, 0.3) is 0 Å². The fourth-order valence-electron chi connectivity index (χ4n) is 4.55. The average Bonchev–Trinajstić information content (AvgIpc) is 3.32. The molecule has 2 aromatic carbocycles. The van der Waals surface area contributed by atoms with Crippen molar-refractivity contribution in [2.75, 3.05) is 17.1 Å². The largest absolute Gasteiger partial charge is 0.352 e. The lowest BCUT2D eigenvalue weighted by atomic mass is 9.87. The Morgan fingerprint density at radius 2 is 1.70 bits per heavy atom. The second-order valence-corrected chi connectivity index (χ2v) is 13.7. The van der Waals surface area contributed by atoms with Crippen LogP contribution in [0.15, 0.2) is 53.0 Å². The summed E-state index contributed by atoms with van der Waals surface area (Å²) in [6.45, 7) is 7.72. The van der Waals surface area contributed by atoms with E-state index in [0.717, 1.165) is 51.8 Å². The number of nitrogens with one attached hydrogen (secondary N) is 1. The zero-order valence-corrected chi connectivity index (χ0v) is 24.7. The third-order valence-electron chi connectivity index (χ3n) is 6.81. The van der Waals surface area contributed by atoms with Gasteiger partial charge in [0.05, 0.1) is 11.9 Å². The van der Waals surface area contributed by atoms with Crippen molar-refractivity contribution in [1.29, 1.82) is 0 Å². The number of nitrogens with zero attached hydrogens (tertiary/aromatic N) is 2. The molecule has 0 bridgehead atoms. The van der Waals surface area contributed by atoms with Crippen molar-refractivity contribution in [3.05, 3.63) is 64.1 Å². The maximum Gasteiger partial charge on any atom is 0.244 e. The van der Waals surface area contributed by atoms with Gasteiger partial charge in [0.1, 0.15) is 12.6 Å². The lowest BCUT2D eigenvalue weighted by Crippen LogP contribution is -2.52. The van der Waals surface area contributed by atoms with Gasteiger partial charge in [-0.15, -0.1) is 0 Å². The molecule has 0 heterocycles. The van der Waals surface area contributed by atoms with Crippen molar-refractivity contribution in [2.45, 2.75) is 77.4 Å². The molecule has 0 radical (unpaired) electrons. The lowest BCUT2D eigenvalue weighted by molar-refractivity contribution is -0.139. The number of benzene rings is 2. The Morgan fingerprint density at radius 1 is 1.08 bits per heavy atom. The van der Waals surface area contributed by atoms with Gasteiger partial charge in [-0.2, -0.15) is 0 Å². The molecular weight excluding hydrogens is 554 g/mol. The third-order valence-corrected chi connectivity index (χ3v) is 8.45. The van der Waals surface area contributed by atoms with E-state index in [1.807, 2.05) is 36.4 Å². The van der Waals surface area contributed by atoms with Gasteiger partial charge in [-0.1, -0.05) is 73.8 Å². The van der Waals surface area contributed by atoms with Gasteiger partial charge in [-0.25, -0.2) is 8.42 Å². The van der Waals surface area contributed by atoms with E-state index in [-0.39, 0.29) is 23.9 Å². The van der Waals surface area contributed by atoms with E-state index in [1.54, 1.807) is 19.1 Å². The van der Waals surface area contributed by atoms with Crippen LogP contribution in [0, 0.1) is 0 Å². The molecule has 1 unspecified atom stereocenters. The molecule has 0 aliphatic heterocycles. The molecule has 2 amide bonds. The number of hydrogen-bond donors (Lipinski definition) is 1. The second kappa shape index (κ2) is 12.0. The van der Waals surface area contributed by atoms with Crippen LogP contribution in [0.25, 0.3) is 0 Å². The summed E-state index contributed by atoms with van der Waals surface area (Å²) < 4.78 is 27.5. The fraction of sp³-hybridized carbons (Fsp3) is 0.500. The summed E-state index contributed by atoms with van der Waals surface area (Å²) in [4.78, 5) is 28.3. The minimum atomic E-state index is -3.76. The smallest absolute Gasteiger partial charge is 0.244 e. The predicted molar refractivity (Wildman–Crippen MR) is 152 cm³/mol. The number of sulfonamides is 1. The molecule has 37 heavy (non-hydrogen) atoms. The highest BCUT2D eigenvalue weighted by molar-refractivity contribution is 9.10. The molecule has 1 aliphatic carbocycles.